The Balaban J connectivity index is 1.23. The first kappa shape index (κ1) is 32.2. The van der Waals surface area contributed by atoms with E-state index in [1.165, 1.54) is 0 Å². The van der Waals surface area contributed by atoms with Gasteiger partial charge in [0.25, 0.3) is 0 Å². The zero-order valence-electron chi connectivity index (χ0n) is 29.8. The molecule has 0 spiro atoms. The fourth-order valence-corrected chi connectivity index (χ4v) is 7.48. The zero-order chi connectivity index (χ0) is 36.6. The van der Waals surface area contributed by atoms with Gasteiger partial charge in [0, 0.05) is 38.6 Å². The minimum Gasteiger partial charge on any atom is -0.455 e. The Labute approximate surface area is 319 Å². The Kier molecular flexibility index (Phi) is 8.12. The van der Waals surface area contributed by atoms with Gasteiger partial charge in [-0.15, -0.1) is 0 Å². The number of para-hydroxylation sites is 1. The van der Waals surface area contributed by atoms with Crippen LogP contribution in [0.2, 0.25) is 0 Å². The summed E-state index contributed by atoms with van der Waals surface area (Å²) < 4.78 is 7.09. The highest BCUT2D eigenvalue weighted by atomic mass is 16.3. The van der Waals surface area contributed by atoms with Crippen molar-refractivity contribution in [1.29, 1.82) is 0 Å². The fourth-order valence-electron chi connectivity index (χ4n) is 7.48. The van der Waals surface area contributed by atoms with Crippen LogP contribution in [-0.4, -0.2) is 15.0 Å². The first-order valence-corrected chi connectivity index (χ1v) is 18.4. The molecule has 0 amide bonds. The van der Waals surface area contributed by atoms with E-state index in [9.17, 15) is 0 Å². The van der Waals surface area contributed by atoms with Gasteiger partial charge in [-0.25, -0.2) is 15.0 Å². The third-order valence-corrected chi connectivity index (χ3v) is 10.1. The summed E-state index contributed by atoms with van der Waals surface area (Å²) in [4.78, 5) is 15.2. The van der Waals surface area contributed by atoms with Gasteiger partial charge in [0.05, 0.1) is 0 Å². The van der Waals surface area contributed by atoms with Gasteiger partial charge in [-0.3, -0.25) is 0 Å². The highest BCUT2D eigenvalue weighted by Gasteiger charge is 2.21. The molecular formula is C51H33N3O. The van der Waals surface area contributed by atoms with Crippen LogP contribution in [0, 0.1) is 0 Å². The molecule has 55 heavy (non-hydrogen) atoms. The topological polar surface area (TPSA) is 51.8 Å². The van der Waals surface area contributed by atoms with Gasteiger partial charge in [0.15, 0.2) is 17.5 Å². The second-order valence-electron chi connectivity index (χ2n) is 13.6. The summed E-state index contributed by atoms with van der Waals surface area (Å²) in [5.41, 5.74) is 13.0. The maximum atomic E-state index is 7.09. The smallest absolute Gasteiger partial charge is 0.164 e. The van der Waals surface area contributed by atoms with Gasteiger partial charge in [-0.05, 0) is 57.6 Å². The number of furan rings is 1. The SMILES string of the molecule is c1ccc(-c2cc(-c3nc(-c4ccccc4)nc(-c4ccccc4)n3)cc(-c3cccc4c3oc3c(-c5ccccc5)ccc(-c5ccccc5)c34)c2)cc1. The molecule has 0 fully saturated rings. The van der Waals surface area contributed by atoms with Gasteiger partial charge in [-0.1, -0.05) is 176 Å². The lowest BCUT2D eigenvalue weighted by molar-refractivity contribution is 0.671. The first-order chi connectivity index (χ1) is 27.3. The van der Waals surface area contributed by atoms with Gasteiger partial charge >= 0.3 is 0 Å². The van der Waals surface area contributed by atoms with Crippen molar-refractivity contribution in [2.24, 2.45) is 0 Å². The average Bonchev–Trinajstić information content (AvgIpc) is 3.67. The molecule has 0 aliphatic heterocycles. The van der Waals surface area contributed by atoms with Crippen LogP contribution < -0.4 is 0 Å². The summed E-state index contributed by atoms with van der Waals surface area (Å²) >= 11 is 0. The van der Waals surface area contributed by atoms with Crippen molar-refractivity contribution in [2.75, 3.05) is 0 Å². The molecule has 10 rings (SSSR count). The molecule has 0 radical (unpaired) electrons. The minimum atomic E-state index is 0.598. The van der Waals surface area contributed by atoms with Crippen molar-refractivity contribution in [3.05, 3.63) is 200 Å². The van der Waals surface area contributed by atoms with Crippen LogP contribution in [-0.2, 0) is 0 Å². The van der Waals surface area contributed by atoms with Crippen LogP contribution >= 0.6 is 0 Å². The summed E-state index contributed by atoms with van der Waals surface area (Å²) in [7, 11) is 0. The lowest BCUT2D eigenvalue weighted by Gasteiger charge is -2.12. The Bertz CT molecular complexity index is 2890. The second kappa shape index (κ2) is 13.8. The summed E-state index contributed by atoms with van der Waals surface area (Å²) in [6.07, 6.45) is 0. The number of aromatic nitrogens is 3. The van der Waals surface area contributed by atoms with E-state index in [0.717, 1.165) is 83.1 Å². The molecule has 0 bridgehead atoms. The summed E-state index contributed by atoms with van der Waals surface area (Å²) in [5.74, 6) is 1.84. The van der Waals surface area contributed by atoms with E-state index in [1.54, 1.807) is 0 Å². The van der Waals surface area contributed by atoms with E-state index in [1.807, 2.05) is 72.8 Å². The Morgan fingerprint density at radius 3 is 1.25 bits per heavy atom. The number of rotatable bonds is 7. The molecule has 0 saturated heterocycles. The van der Waals surface area contributed by atoms with Crippen LogP contribution in [0.3, 0.4) is 0 Å². The number of nitrogens with zero attached hydrogens (tertiary/aromatic N) is 3. The standard InChI is InChI=1S/C51H33N3O/c1-6-17-34(18-7-1)39-31-40(33-41(32-39)51-53-49(37-23-12-4-13-24-37)52-50(54-51)38-25-14-5-15-26-38)43-27-16-28-45-46-42(35-19-8-2-9-20-35)29-30-44(48(46)55-47(43)45)36-21-10-3-11-22-36/h1-33H. The quantitative estimate of drug-likeness (QED) is 0.166. The first-order valence-electron chi connectivity index (χ1n) is 18.4. The Hall–Kier alpha value is -7.43. The van der Waals surface area contributed by atoms with Crippen molar-refractivity contribution in [2.45, 2.75) is 0 Å². The molecular weight excluding hydrogens is 671 g/mol. The Morgan fingerprint density at radius 2 is 0.691 bits per heavy atom. The average molecular weight is 704 g/mol. The van der Waals surface area contributed by atoms with Crippen molar-refractivity contribution in [3.8, 4) is 78.7 Å². The molecule has 0 aliphatic carbocycles. The number of hydrogen-bond acceptors (Lipinski definition) is 4. The van der Waals surface area contributed by atoms with Crippen LogP contribution in [0.25, 0.3) is 101 Å². The minimum absolute atomic E-state index is 0.598. The van der Waals surface area contributed by atoms with Gasteiger partial charge in [0.1, 0.15) is 11.2 Å². The predicted octanol–water partition coefficient (Wildman–Crippen LogP) is 13.4. The molecule has 0 saturated carbocycles. The fraction of sp³-hybridized carbons (Fsp3) is 0. The maximum Gasteiger partial charge on any atom is 0.164 e. The van der Waals surface area contributed by atoms with Crippen LogP contribution in [0.1, 0.15) is 0 Å². The summed E-state index contributed by atoms with van der Waals surface area (Å²) in [5, 5.41) is 2.16. The molecule has 258 valence electrons. The largest absolute Gasteiger partial charge is 0.455 e. The summed E-state index contributed by atoms with van der Waals surface area (Å²) in [6, 6.07) is 69.2. The van der Waals surface area contributed by atoms with Crippen LogP contribution in [0.5, 0.6) is 0 Å². The van der Waals surface area contributed by atoms with E-state index in [4.69, 9.17) is 19.4 Å². The molecule has 2 heterocycles. The van der Waals surface area contributed by atoms with E-state index in [0.29, 0.717) is 17.5 Å². The molecule has 0 N–H and O–H groups in total. The Morgan fingerprint density at radius 1 is 0.273 bits per heavy atom. The third-order valence-electron chi connectivity index (χ3n) is 10.1. The number of hydrogen-bond donors (Lipinski definition) is 0. The molecule has 0 unspecified atom stereocenters. The van der Waals surface area contributed by atoms with E-state index < -0.39 is 0 Å². The molecule has 2 aromatic heterocycles. The van der Waals surface area contributed by atoms with Crippen molar-refractivity contribution in [1.82, 2.24) is 15.0 Å². The van der Waals surface area contributed by atoms with E-state index in [-0.39, 0.29) is 0 Å². The maximum absolute atomic E-state index is 7.09. The second-order valence-corrected chi connectivity index (χ2v) is 13.6. The molecule has 4 heteroatoms. The highest BCUT2D eigenvalue weighted by Crippen LogP contribution is 2.45. The molecule has 4 nitrogen and oxygen atoms in total. The predicted molar refractivity (Wildman–Crippen MR) is 225 cm³/mol. The van der Waals surface area contributed by atoms with Crippen LogP contribution in [0.4, 0.5) is 0 Å². The number of fused-ring (bicyclic) bond motifs is 3. The third kappa shape index (κ3) is 6.06. The molecule has 0 aliphatic rings. The lowest BCUT2D eigenvalue weighted by Crippen LogP contribution is -2.00. The van der Waals surface area contributed by atoms with Gasteiger partial charge in [-0.2, -0.15) is 0 Å². The van der Waals surface area contributed by atoms with Crippen molar-refractivity contribution >= 4 is 21.9 Å². The monoisotopic (exact) mass is 703 g/mol. The summed E-state index contributed by atoms with van der Waals surface area (Å²) in [6.45, 7) is 0. The molecule has 8 aromatic carbocycles. The normalized spacial score (nSPS) is 11.3. The van der Waals surface area contributed by atoms with E-state index >= 15 is 0 Å². The molecule has 0 atom stereocenters. The van der Waals surface area contributed by atoms with Gasteiger partial charge in [0.2, 0.25) is 0 Å². The highest BCUT2D eigenvalue weighted by molar-refractivity contribution is 6.18. The zero-order valence-corrected chi connectivity index (χ0v) is 29.8. The molecule has 10 aromatic rings. The van der Waals surface area contributed by atoms with Crippen LogP contribution in [0.15, 0.2) is 205 Å². The van der Waals surface area contributed by atoms with E-state index in [2.05, 4.69) is 127 Å². The number of benzene rings is 8. The van der Waals surface area contributed by atoms with Crippen molar-refractivity contribution < 1.29 is 4.42 Å². The van der Waals surface area contributed by atoms with Gasteiger partial charge < -0.3 is 4.42 Å². The van der Waals surface area contributed by atoms with Crippen molar-refractivity contribution in [3.63, 3.8) is 0 Å². The lowest BCUT2D eigenvalue weighted by atomic mass is 9.92.